The molecule has 5 heteroatoms. The highest BCUT2D eigenvalue weighted by Gasteiger charge is 2.34. The van der Waals surface area contributed by atoms with Gasteiger partial charge < -0.3 is 19.3 Å². The monoisotopic (exact) mass is 397 g/mol. The van der Waals surface area contributed by atoms with Gasteiger partial charge in [-0.25, -0.2) is 0 Å². The number of hydrogen-bond acceptors (Lipinski definition) is 5. The van der Waals surface area contributed by atoms with Gasteiger partial charge in [0.1, 0.15) is 5.75 Å². The number of methoxy groups -OCH3 is 1. The zero-order chi connectivity index (χ0) is 20.1. The van der Waals surface area contributed by atoms with E-state index in [1.807, 2.05) is 6.07 Å². The van der Waals surface area contributed by atoms with Crippen LogP contribution in [0, 0.1) is 5.92 Å². The van der Waals surface area contributed by atoms with Crippen LogP contribution in [0.4, 0.5) is 0 Å². The Kier molecular flexibility index (Phi) is 6.88. The lowest BCUT2D eigenvalue weighted by Crippen LogP contribution is -2.41. The van der Waals surface area contributed by atoms with E-state index in [-0.39, 0.29) is 0 Å². The summed E-state index contributed by atoms with van der Waals surface area (Å²) in [6, 6.07) is 8.51. The maximum Gasteiger partial charge on any atom is 0.208 e. The van der Waals surface area contributed by atoms with Crippen molar-refractivity contribution >= 4 is 5.90 Å². The van der Waals surface area contributed by atoms with E-state index >= 15 is 0 Å². The lowest BCUT2D eigenvalue weighted by Gasteiger charge is -2.40. The van der Waals surface area contributed by atoms with Gasteiger partial charge in [-0.2, -0.15) is 0 Å². The molecular formula is C24H35N3O2. The summed E-state index contributed by atoms with van der Waals surface area (Å²) in [7, 11) is 3.94. The first-order valence-electron chi connectivity index (χ1n) is 11.2. The second-order valence-electron chi connectivity index (χ2n) is 8.69. The molecule has 3 aliphatic rings. The lowest BCUT2D eigenvalue weighted by molar-refractivity contribution is 0.200. The molecule has 1 aromatic carbocycles. The van der Waals surface area contributed by atoms with Crippen molar-refractivity contribution in [2.45, 2.75) is 31.6 Å². The Hall–Kier alpha value is -1.85. The average molecular weight is 398 g/mol. The average Bonchev–Trinajstić information content (AvgIpc) is 2.76. The van der Waals surface area contributed by atoms with Crippen LogP contribution in [0.1, 0.15) is 37.2 Å². The molecule has 0 aromatic heterocycles. The van der Waals surface area contributed by atoms with Gasteiger partial charge >= 0.3 is 0 Å². The van der Waals surface area contributed by atoms with Gasteiger partial charge in [-0.15, -0.1) is 0 Å². The van der Waals surface area contributed by atoms with Gasteiger partial charge in [-0.1, -0.05) is 18.6 Å². The first kappa shape index (κ1) is 20.4. The maximum absolute atomic E-state index is 6.04. The van der Waals surface area contributed by atoms with Crippen LogP contribution in [0.5, 0.6) is 5.75 Å². The van der Waals surface area contributed by atoms with Crippen LogP contribution in [0.15, 0.2) is 40.9 Å². The molecule has 4 rings (SSSR count). The molecular weight excluding hydrogens is 362 g/mol. The molecule has 0 amide bonds. The molecule has 0 N–H and O–H groups in total. The van der Waals surface area contributed by atoms with Gasteiger partial charge in [0.05, 0.1) is 20.3 Å². The van der Waals surface area contributed by atoms with E-state index in [0.29, 0.717) is 11.8 Å². The Bertz CT molecular complexity index is 739. The number of nitrogens with zero attached hydrogens (tertiary/aromatic N) is 3. The van der Waals surface area contributed by atoms with Gasteiger partial charge in [0.25, 0.3) is 0 Å². The third kappa shape index (κ3) is 5.20. The van der Waals surface area contributed by atoms with E-state index in [9.17, 15) is 0 Å². The fraction of sp³-hybridized carbons (Fsp3) is 0.625. The number of benzene rings is 1. The number of piperidine rings is 2. The third-order valence-electron chi connectivity index (χ3n) is 6.51. The molecule has 0 spiro atoms. The van der Waals surface area contributed by atoms with Crippen molar-refractivity contribution in [3.05, 3.63) is 41.5 Å². The van der Waals surface area contributed by atoms with E-state index in [4.69, 9.17) is 14.5 Å². The quantitative estimate of drug-likeness (QED) is 0.688. The third-order valence-corrected chi connectivity index (χ3v) is 6.51. The fourth-order valence-corrected chi connectivity index (χ4v) is 4.95. The summed E-state index contributed by atoms with van der Waals surface area (Å²) in [6.45, 7) is 7.29. The van der Waals surface area contributed by atoms with Crippen molar-refractivity contribution in [2.75, 3.05) is 60.0 Å². The molecule has 3 heterocycles. The minimum Gasteiger partial charge on any atom is -0.497 e. The Morgan fingerprint density at radius 2 is 2.00 bits per heavy atom. The number of dihydropyridines is 1. The van der Waals surface area contributed by atoms with E-state index in [0.717, 1.165) is 50.9 Å². The Balaban J connectivity index is 1.34. The van der Waals surface area contributed by atoms with Crippen molar-refractivity contribution in [1.29, 1.82) is 0 Å². The molecule has 0 radical (unpaired) electrons. The SMILES string of the molecule is COc1cccc(C2CN(C)CC3=CC(OCCCN4CCCCC4)=NCC32)c1. The van der Waals surface area contributed by atoms with E-state index < -0.39 is 0 Å². The molecule has 0 aliphatic carbocycles. The van der Waals surface area contributed by atoms with Crippen LogP contribution in [0.25, 0.3) is 0 Å². The van der Waals surface area contributed by atoms with E-state index in [1.54, 1.807) is 7.11 Å². The van der Waals surface area contributed by atoms with Crippen molar-refractivity contribution in [2.24, 2.45) is 10.9 Å². The Morgan fingerprint density at radius 1 is 1.14 bits per heavy atom. The second kappa shape index (κ2) is 9.77. The second-order valence-corrected chi connectivity index (χ2v) is 8.69. The molecule has 0 saturated carbocycles. The molecule has 0 bridgehead atoms. The maximum atomic E-state index is 6.04. The van der Waals surface area contributed by atoms with Crippen LogP contribution in [-0.4, -0.2) is 75.7 Å². The predicted molar refractivity (Wildman–Crippen MR) is 118 cm³/mol. The first-order chi connectivity index (χ1) is 14.2. The molecule has 5 nitrogen and oxygen atoms in total. The number of aliphatic imine (C=N–C) groups is 1. The van der Waals surface area contributed by atoms with Gasteiger partial charge in [0, 0.05) is 37.5 Å². The standard InChI is InChI=1S/C24H35N3O2/c1-26-17-20-15-24(29-13-7-12-27-10-4-3-5-11-27)25-16-22(20)23(18-26)19-8-6-9-21(14-19)28-2/h6,8-9,14-15,22-23H,3-5,7,10-13,16-18H2,1-2H3. The summed E-state index contributed by atoms with van der Waals surface area (Å²) in [6.07, 6.45) is 7.38. The topological polar surface area (TPSA) is 37.3 Å². The molecule has 158 valence electrons. The molecule has 29 heavy (non-hydrogen) atoms. The van der Waals surface area contributed by atoms with E-state index in [1.165, 1.54) is 43.5 Å². The summed E-state index contributed by atoms with van der Waals surface area (Å²) in [5.74, 6) is 2.66. The minimum absolute atomic E-state index is 0.444. The Morgan fingerprint density at radius 3 is 2.83 bits per heavy atom. The van der Waals surface area contributed by atoms with Gasteiger partial charge in [0.15, 0.2) is 0 Å². The number of likely N-dealkylation sites (tertiary alicyclic amines) is 2. The van der Waals surface area contributed by atoms with Crippen LogP contribution >= 0.6 is 0 Å². The number of rotatable bonds is 6. The number of ether oxygens (including phenoxy) is 2. The van der Waals surface area contributed by atoms with Crippen LogP contribution in [0.3, 0.4) is 0 Å². The highest BCUT2D eigenvalue weighted by molar-refractivity contribution is 5.89. The van der Waals surface area contributed by atoms with Crippen molar-refractivity contribution in [3.8, 4) is 5.75 Å². The lowest BCUT2D eigenvalue weighted by atomic mass is 9.77. The van der Waals surface area contributed by atoms with Crippen molar-refractivity contribution in [3.63, 3.8) is 0 Å². The van der Waals surface area contributed by atoms with Gasteiger partial charge in [0.2, 0.25) is 5.90 Å². The number of hydrogen-bond donors (Lipinski definition) is 0. The molecule has 2 fully saturated rings. The molecule has 2 unspecified atom stereocenters. The number of likely N-dealkylation sites (N-methyl/N-ethyl adjacent to an activating group) is 1. The molecule has 3 aliphatic heterocycles. The summed E-state index contributed by atoms with van der Waals surface area (Å²) >= 11 is 0. The summed E-state index contributed by atoms with van der Waals surface area (Å²) in [5, 5.41) is 0. The highest BCUT2D eigenvalue weighted by atomic mass is 16.5. The van der Waals surface area contributed by atoms with Crippen LogP contribution < -0.4 is 4.74 Å². The fourth-order valence-electron chi connectivity index (χ4n) is 4.95. The molecule has 2 saturated heterocycles. The first-order valence-corrected chi connectivity index (χ1v) is 11.2. The molecule has 2 atom stereocenters. The Labute approximate surface area is 175 Å². The van der Waals surface area contributed by atoms with Crippen LogP contribution in [-0.2, 0) is 4.74 Å². The summed E-state index contributed by atoms with van der Waals surface area (Å²) in [4.78, 5) is 9.77. The van der Waals surface area contributed by atoms with Crippen molar-refractivity contribution in [1.82, 2.24) is 9.80 Å². The normalized spacial score (nSPS) is 25.7. The minimum atomic E-state index is 0.444. The smallest absolute Gasteiger partial charge is 0.208 e. The highest BCUT2D eigenvalue weighted by Crippen LogP contribution is 2.38. The van der Waals surface area contributed by atoms with Crippen molar-refractivity contribution < 1.29 is 9.47 Å². The largest absolute Gasteiger partial charge is 0.497 e. The summed E-state index contributed by atoms with van der Waals surface area (Å²) < 4.78 is 11.5. The van der Waals surface area contributed by atoms with Gasteiger partial charge in [-0.05, 0) is 62.7 Å². The number of fused-ring (bicyclic) bond motifs is 1. The zero-order valence-corrected chi connectivity index (χ0v) is 18.0. The van der Waals surface area contributed by atoms with Gasteiger partial charge in [-0.3, -0.25) is 4.99 Å². The molecule has 1 aromatic rings. The summed E-state index contributed by atoms with van der Waals surface area (Å²) in [5.41, 5.74) is 2.79. The van der Waals surface area contributed by atoms with Crippen LogP contribution in [0.2, 0.25) is 0 Å². The van der Waals surface area contributed by atoms with E-state index in [2.05, 4.69) is 41.1 Å². The zero-order valence-electron chi connectivity index (χ0n) is 18.0. The predicted octanol–water partition coefficient (Wildman–Crippen LogP) is 3.57.